The molecule has 142 valence electrons. The molecule has 9 nitrogen and oxygen atoms in total. The van der Waals surface area contributed by atoms with Crippen molar-refractivity contribution in [2.75, 3.05) is 45.5 Å². The van der Waals surface area contributed by atoms with E-state index in [9.17, 15) is 22.8 Å². The van der Waals surface area contributed by atoms with Crippen molar-refractivity contribution in [3.8, 4) is 0 Å². The summed E-state index contributed by atoms with van der Waals surface area (Å²) in [6.07, 6.45) is 1.97. The number of amides is 4. The highest BCUT2D eigenvalue weighted by molar-refractivity contribution is 7.89. The molecule has 0 saturated carbocycles. The molecule has 0 atom stereocenters. The van der Waals surface area contributed by atoms with Gasteiger partial charge in [0.25, 0.3) is 5.91 Å². The van der Waals surface area contributed by atoms with Gasteiger partial charge in [-0.05, 0) is 25.2 Å². The van der Waals surface area contributed by atoms with Crippen molar-refractivity contribution in [1.29, 1.82) is 0 Å². The molecule has 2 heterocycles. The van der Waals surface area contributed by atoms with Gasteiger partial charge in [-0.1, -0.05) is 6.92 Å². The first-order chi connectivity index (χ1) is 11.7. The Labute approximate surface area is 148 Å². The van der Waals surface area contributed by atoms with Crippen LogP contribution in [0.15, 0.2) is 0 Å². The van der Waals surface area contributed by atoms with E-state index in [1.807, 2.05) is 6.92 Å². The van der Waals surface area contributed by atoms with Gasteiger partial charge in [0.2, 0.25) is 15.9 Å². The summed E-state index contributed by atoms with van der Waals surface area (Å²) in [4.78, 5) is 37.5. The largest absolute Gasteiger partial charge is 0.354 e. The number of imide groups is 1. The van der Waals surface area contributed by atoms with Crippen LogP contribution in [0.1, 0.15) is 26.2 Å². The molecular weight excluding hydrogens is 348 g/mol. The second-order valence-electron chi connectivity index (χ2n) is 6.58. The molecule has 0 radical (unpaired) electrons. The van der Waals surface area contributed by atoms with Gasteiger partial charge in [0.1, 0.15) is 13.1 Å². The van der Waals surface area contributed by atoms with E-state index in [0.717, 1.165) is 4.90 Å². The molecule has 0 aliphatic carbocycles. The van der Waals surface area contributed by atoms with Crippen LogP contribution in [0.25, 0.3) is 0 Å². The number of carbonyl (C=O) groups excluding carboxylic acids is 3. The zero-order valence-corrected chi connectivity index (χ0v) is 15.5. The van der Waals surface area contributed by atoms with Crippen LogP contribution in [-0.2, 0) is 19.6 Å². The van der Waals surface area contributed by atoms with Gasteiger partial charge in [-0.2, -0.15) is 0 Å². The van der Waals surface area contributed by atoms with Crippen LogP contribution in [0.5, 0.6) is 0 Å². The van der Waals surface area contributed by atoms with Crippen molar-refractivity contribution in [3.05, 3.63) is 0 Å². The maximum atomic E-state index is 12.0. The average Bonchev–Trinajstić information content (AvgIpc) is 2.79. The molecule has 0 aromatic heterocycles. The summed E-state index contributed by atoms with van der Waals surface area (Å²) >= 11 is 0. The van der Waals surface area contributed by atoms with Crippen LogP contribution in [0.3, 0.4) is 0 Å². The number of nitrogens with one attached hydrogen (secondary N) is 1. The highest BCUT2D eigenvalue weighted by atomic mass is 32.2. The number of nitrogens with zero attached hydrogens (tertiary/aromatic N) is 3. The van der Waals surface area contributed by atoms with Gasteiger partial charge in [0.05, 0.1) is 5.75 Å². The Morgan fingerprint density at radius 2 is 1.88 bits per heavy atom. The molecular formula is C15H26N4O5S. The van der Waals surface area contributed by atoms with E-state index in [-0.39, 0.29) is 36.6 Å². The van der Waals surface area contributed by atoms with E-state index in [2.05, 4.69) is 5.32 Å². The summed E-state index contributed by atoms with van der Waals surface area (Å²) in [5.41, 5.74) is 0. The van der Waals surface area contributed by atoms with Crippen molar-refractivity contribution in [1.82, 2.24) is 19.4 Å². The molecule has 0 unspecified atom stereocenters. The number of urea groups is 1. The molecule has 10 heteroatoms. The molecule has 0 spiro atoms. The van der Waals surface area contributed by atoms with Gasteiger partial charge in [-0.25, -0.2) is 17.5 Å². The van der Waals surface area contributed by atoms with Crippen molar-refractivity contribution < 1.29 is 22.8 Å². The lowest BCUT2D eigenvalue weighted by Crippen LogP contribution is -2.45. The summed E-state index contributed by atoms with van der Waals surface area (Å²) in [7, 11) is -1.65. The second kappa shape index (κ2) is 8.13. The van der Waals surface area contributed by atoms with E-state index >= 15 is 0 Å². The number of likely N-dealkylation sites (N-methyl/N-ethyl adjacent to an activating group) is 1. The van der Waals surface area contributed by atoms with Crippen LogP contribution < -0.4 is 5.32 Å². The molecule has 2 aliphatic heterocycles. The van der Waals surface area contributed by atoms with Gasteiger partial charge in [-0.3, -0.25) is 14.5 Å². The molecule has 4 amide bonds. The molecule has 0 bridgehead atoms. The Hall–Kier alpha value is -1.68. The lowest BCUT2D eigenvalue weighted by atomic mass is 9.98. The zero-order valence-electron chi connectivity index (χ0n) is 14.7. The normalized spacial score (nSPS) is 20.4. The Morgan fingerprint density at radius 3 is 2.40 bits per heavy atom. The van der Waals surface area contributed by atoms with Crippen LogP contribution in [0.2, 0.25) is 0 Å². The van der Waals surface area contributed by atoms with Crippen LogP contribution in [-0.4, -0.2) is 85.9 Å². The number of hydrogen-bond acceptors (Lipinski definition) is 5. The highest BCUT2D eigenvalue weighted by Crippen LogP contribution is 2.19. The van der Waals surface area contributed by atoms with E-state index in [1.54, 1.807) is 0 Å². The van der Waals surface area contributed by atoms with Crippen LogP contribution in [0.4, 0.5) is 4.79 Å². The van der Waals surface area contributed by atoms with E-state index < -0.39 is 16.1 Å². The second-order valence-corrected chi connectivity index (χ2v) is 8.67. The molecule has 2 fully saturated rings. The van der Waals surface area contributed by atoms with Gasteiger partial charge in [-0.15, -0.1) is 0 Å². The molecule has 2 rings (SSSR count). The number of piperidine rings is 1. The van der Waals surface area contributed by atoms with Gasteiger partial charge in [0.15, 0.2) is 0 Å². The first-order valence-electron chi connectivity index (χ1n) is 8.54. The standard InChI is InChI=1S/C15H26N4O5S/c1-3-8-25(23,24)18-6-4-12(5-7-18)9-16-13(20)10-19-14(21)11-17(2)15(19)22/h12H,3-11H2,1-2H3,(H,16,20). The molecule has 0 aromatic carbocycles. The van der Waals surface area contributed by atoms with Crippen molar-refractivity contribution in [2.45, 2.75) is 26.2 Å². The minimum Gasteiger partial charge on any atom is -0.354 e. The summed E-state index contributed by atoms with van der Waals surface area (Å²) in [6, 6.07) is -0.463. The summed E-state index contributed by atoms with van der Waals surface area (Å²) in [6.45, 7) is 2.93. The third-order valence-electron chi connectivity index (χ3n) is 4.55. The molecule has 2 saturated heterocycles. The number of sulfonamides is 1. The third-order valence-corrected chi connectivity index (χ3v) is 6.63. The quantitative estimate of drug-likeness (QED) is 0.602. The minimum absolute atomic E-state index is 0.00317. The Morgan fingerprint density at radius 1 is 1.24 bits per heavy atom. The predicted molar refractivity (Wildman–Crippen MR) is 91.1 cm³/mol. The maximum absolute atomic E-state index is 12.0. The monoisotopic (exact) mass is 374 g/mol. The molecule has 0 aromatic rings. The first kappa shape index (κ1) is 19.6. The van der Waals surface area contributed by atoms with Crippen molar-refractivity contribution in [3.63, 3.8) is 0 Å². The topological polar surface area (TPSA) is 107 Å². The maximum Gasteiger partial charge on any atom is 0.327 e. The van der Waals surface area contributed by atoms with Gasteiger partial charge in [0, 0.05) is 26.7 Å². The molecule has 2 aliphatic rings. The Bertz CT molecular complexity index is 628. The Kier molecular flexibility index (Phi) is 6.39. The third kappa shape index (κ3) is 4.91. The number of carbonyl (C=O) groups is 3. The fourth-order valence-electron chi connectivity index (χ4n) is 3.06. The lowest BCUT2D eigenvalue weighted by molar-refractivity contribution is -0.130. The smallest absolute Gasteiger partial charge is 0.327 e. The van der Waals surface area contributed by atoms with Crippen molar-refractivity contribution >= 4 is 27.9 Å². The average molecular weight is 374 g/mol. The SMILES string of the molecule is CCCS(=O)(=O)N1CCC(CNC(=O)CN2C(=O)CN(C)C2=O)CC1. The fourth-order valence-corrected chi connectivity index (χ4v) is 4.60. The van der Waals surface area contributed by atoms with Crippen LogP contribution in [0, 0.1) is 5.92 Å². The van der Waals surface area contributed by atoms with E-state index in [1.165, 1.54) is 16.3 Å². The van der Waals surface area contributed by atoms with Gasteiger partial charge >= 0.3 is 6.03 Å². The minimum atomic E-state index is -3.16. The Balaban J connectivity index is 1.73. The number of rotatable bonds is 7. The van der Waals surface area contributed by atoms with E-state index in [4.69, 9.17) is 0 Å². The lowest BCUT2D eigenvalue weighted by Gasteiger charge is -2.31. The predicted octanol–water partition coefficient (Wildman–Crippen LogP) is -0.552. The summed E-state index contributed by atoms with van der Waals surface area (Å²) in [5.74, 6) is -0.388. The first-order valence-corrected chi connectivity index (χ1v) is 10.2. The molecule has 25 heavy (non-hydrogen) atoms. The zero-order chi connectivity index (χ0) is 18.6. The van der Waals surface area contributed by atoms with Gasteiger partial charge < -0.3 is 10.2 Å². The van der Waals surface area contributed by atoms with Crippen LogP contribution >= 0.6 is 0 Å². The highest BCUT2D eigenvalue weighted by Gasteiger charge is 2.35. The summed E-state index contributed by atoms with van der Waals surface area (Å²) in [5, 5.41) is 2.74. The number of hydrogen-bond donors (Lipinski definition) is 1. The fraction of sp³-hybridized carbons (Fsp3) is 0.800. The van der Waals surface area contributed by atoms with E-state index in [0.29, 0.717) is 38.9 Å². The summed E-state index contributed by atoms with van der Waals surface area (Å²) < 4.78 is 25.6. The molecule has 1 N–H and O–H groups in total. The van der Waals surface area contributed by atoms with Crippen molar-refractivity contribution in [2.24, 2.45) is 5.92 Å².